The fourth-order valence-corrected chi connectivity index (χ4v) is 2.02. The summed E-state index contributed by atoms with van der Waals surface area (Å²) in [6, 6.07) is 1.97. The Labute approximate surface area is 129 Å². The van der Waals surface area contributed by atoms with E-state index in [1.807, 2.05) is 5.32 Å². The van der Waals surface area contributed by atoms with Crippen molar-refractivity contribution in [3.63, 3.8) is 0 Å². The third kappa shape index (κ3) is 4.21. The minimum Gasteiger partial charge on any atom is -0.322 e. The van der Waals surface area contributed by atoms with E-state index in [1.54, 1.807) is 14.0 Å². The molecule has 0 radical (unpaired) electrons. The molecule has 0 saturated carbocycles. The van der Waals surface area contributed by atoms with Crippen LogP contribution in [0.2, 0.25) is 0 Å². The highest BCUT2D eigenvalue weighted by molar-refractivity contribution is 5.88. The number of benzene rings is 1. The lowest BCUT2D eigenvalue weighted by Crippen LogP contribution is -2.40. The van der Waals surface area contributed by atoms with E-state index in [4.69, 9.17) is 0 Å². The second-order valence-electron chi connectivity index (χ2n) is 4.92. The number of alkyl halides is 3. The average molecular weight is 330 g/mol. The van der Waals surface area contributed by atoms with Crippen molar-refractivity contribution in [3.8, 4) is 0 Å². The predicted molar refractivity (Wildman–Crippen MR) is 75.3 cm³/mol. The number of carbonyl (C=O) groups excluding carboxylic acids is 1. The van der Waals surface area contributed by atoms with E-state index >= 15 is 0 Å². The van der Waals surface area contributed by atoms with Gasteiger partial charge in [0, 0.05) is 13.1 Å². The lowest BCUT2D eigenvalue weighted by molar-refractivity contribution is -0.154. The topological polar surface area (TPSA) is 59.0 Å². The molecule has 1 aromatic heterocycles. The van der Waals surface area contributed by atoms with Crippen molar-refractivity contribution in [2.45, 2.75) is 19.1 Å². The molecule has 0 saturated heterocycles. The van der Waals surface area contributed by atoms with Gasteiger partial charge in [0.2, 0.25) is 0 Å². The number of nitrogens with one attached hydrogen (secondary N) is 2. The zero-order valence-corrected chi connectivity index (χ0v) is 12.3. The Balaban J connectivity index is 2.16. The number of nitrogens with zero attached hydrogens (tertiary/aromatic N) is 2. The van der Waals surface area contributed by atoms with Gasteiger partial charge in [-0.2, -0.15) is 18.3 Å². The molecule has 2 N–H and O–H groups in total. The van der Waals surface area contributed by atoms with Crippen molar-refractivity contribution >= 4 is 11.8 Å². The number of amides is 2. The molecule has 0 bridgehead atoms. The van der Waals surface area contributed by atoms with Crippen molar-refractivity contribution in [2.24, 2.45) is 7.05 Å². The monoisotopic (exact) mass is 330 g/mol. The Bertz CT molecular complexity index is 694. The van der Waals surface area contributed by atoms with Gasteiger partial charge in [0.25, 0.3) is 0 Å². The zero-order valence-electron chi connectivity index (χ0n) is 12.3. The summed E-state index contributed by atoms with van der Waals surface area (Å²) in [6.07, 6.45) is -4.72. The molecule has 1 atom stereocenters. The summed E-state index contributed by atoms with van der Waals surface area (Å²) in [5.41, 5.74) is 0.337. The molecule has 1 heterocycles. The van der Waals surface area contributed by atoms with Gasteiger partial charge < -0.3 is 5.32 Å². The van der Waals surface area contributed by atoms with E-state index in [0.29, 0.717) is 5.69 Å². The van der Waals surface area contributed by atoms with E-state index in [1.165, 1.54) is 10.7 Å². The van der Waals surface area contributed by atoms with Crippen molar-refractivity contribution in [3.05, 3.63) is 47.4 Å². The van der Waals surface area contributed by atoms with Crippen LogP contribution in [0.5, 0.6) is 0 Å². The van der Waals surface area contributed by atoms with Crippen molar-refractivity contribution in [2.75, 3.05) is 5.32 Å². The Morgan fingerprint density at radius 3 is 2.35 bits per heavy atom. The van der Waals surface area contributed by atoms with Crippen LogP contribution in [-0.2, 0) is 7.05 Å². The van der Waals surface area contributed by atoms with Crippen LogP contribution in [0.1, 0.15) is 17.3 Å². The number of urea groups is 1. The lowest BCUT2D eigenvalue weighted by atomic mass is 10.1. The van der Waals surface area contributed by atoms with Gasteiger partial charge in [-0.15, -0.1) is 0 Å². The maximum atomic E-state index is 13.1. The van der Waals surface area contributed by atoms with Gasteiger partial charge >= 0.3 is 12.2 Å². The number of aromatic nitrogens is 2. The van der Waals surface area contributed by atoms with Crippen molar-refractivity contribution < 1.29 is 22.4 Å². The first-order valence-corrected chi connectivity index (χ1v) is 6.57. The Hall–Kier alpha value is -2.58. The molecule has 2 rings (SSSR count). The van der Waals surface area contributed by atoms with Gasteiger partial charge in [0.1, 0.15) is 11.6 Å². The Morgan fingerprint density at radius 1 is 1.26 bits per heavy atom. The van der Waals surface area contributed by atoms with Crippen LogP contribution < -0.4 is 10.6 Å². The number of hydrogen-bond acceptors (Lipinski definition) is 2. The van der Waals surface area contributed by atoms with Crippen LogP contribution in [0, 0.1) is 12.7 Å². The molecule has 5 nitrogen and oxygen atoms in total. The maximum absolute atomic E-state index is 13.1. The summed E-state index contributed by atoms with van der Waals surface area (Å²) in [6.45, 7) is 1.68. The fourth-order valence-electron chi connectivity index (χ4n) is 2.02. The zero-order chi connectivity index (χ0) is 17.2. The highest BCUT2D eigenvalue weighted by Gasteiger charge is 2.42. The van der Waals surface area contributed by atoms with Gasteiger partial charge in [0.15, 0.2) is 6.04 Å². The first kappa shape index (κ1) is 16.8. The average Bonchev–Trinajstić information content (AvgIpc) is 2.74. The van der Waals surface area contributed by atoms with E-state index in [0.717, 1.165) is 24.3 Å². The molecule has 124 valence electrons. The number of halogens is 4. The highest BCUT2D eigenvalue weighted by atomic mass is 19.4. The summed E-state index contributed by atoms with van der Waals surface area (Å²) in [5.74, 6) is -0.412. The molecule has 0 fully saturated rings. The molecule has 0 aliphatic heterocycles. The smallest absolute Gasteiger partial charge is 0.322 e. The molecule has 0 unspecified atom stereocenters. The van der Waals surface area contributed by atoms with E-state index in [2.05, 4.69) is 10.4 Å². The number of rotatable bonds is 3. The van der Waals surface area contributed by atoms with E-state index in [-0.39, 0.29) is 11.4 Å². The molecule has 9 heteroatoms. The van der Waals surface area contributed by atoms with Crippen LogP contribution in [0.25, 0.3) is 0 Å². The lowest BCUT2D eigenvalue weighted by Gasteiger charge is -2.22. The SMILES string of the molecule is Cc1cc(NC(=O)N[C@@H](c2ccc(F)cc2)C(F)(F)F)n(C)n1. The third-order valence-corrected chi connectivity index (χ3v) is 3.05. The number of carbonyl (C=O) groups is 1. The highest BCUT2D eigenvalue weighted by Crippen LogP contribution is 2.32. The van der Waals surface area contributed by atoms with Crippen molar-refractivity contribution in [1.29, 1.82) is 0 Å². The molecule has 2 aromatic rings. The minimum atomic E-state index is -4.72. The molecular weight excluding hydrogens is 316 g/mol. The quantitative estimate of drug-likeness (QED) is 0.849. The van der Waals surface area contributed by atoms with E-state index < -0.39 is 24.1 Å². The molecule has 0 spiro atoms. The summed E-state index contributed by atoms with van der Waals surface area (Å²) in [5, 5.41) is 8.10. The minimum absolute atomic E-state index is 0.250. The van der Waals surface area contributed by atoms with E-state index in [9.17, 15) is 22.4 Å². The summed E-state index contributed by atoms with van der Waals surface area (Å²) in [7, 11) is 1.55. The molecule has 0 aliphatic rings. The normalized spacial score (nSPS) is 12.8. The summed E-state index contributed by atoms with van der Waals surface area (Å²) >= 11 is 0. The van der Waals surface area contributed by atoms with Crippen LogP contribution >= 0.6 is 0 Å². The molecule has 2 amide bonds. The van der Waals surface area contributed by atoms with Gasteiger partial charge in [-0.05, 0) is 24.6 Å². The third-order valence-electron chi connectivity index (χ3n) is 3.05. The van der Waals surface area contributed by atoms with Gasteiger partial charge in [0.05, 0.1) is 5.69 Å². The largest absolute Gasteiger partial charge is 0.412 e. The summed E-state index contributed by atoms with van der Waals surface area (Å²) < 4.78 is 53.6. The first-order valence-electron chi connectivity index (χ1n) is 6.57. The fraction of sp³-hybridized carbons (Fsp3) is 0.286. The molecule has 0 aliphatic carbocycles. The first-order chi connectivity index (χ1) is 10.7. The number of anilines is 1. The number of hydrogen-bond donors (Lipinski definition) is 2. The maximum Gasteiger partial charge on any atom is 0.412 e. The van der Waals surface area contributed by atoms with Crippen molar-refractivity contribution in [1.82, 2.24) is 15.1 Å². The van der Waals surface area contributed by atoms with Crippen LogP contribution in [0.4, 0.5) is 28.2 Å². The summed E-state index contributed by atoms with van der Waals surface area (Å²) in [4.78, 5) is 11.8. The van der Waals surface area contributed by atoms with Gasteiger partial charge in [-0.1, -0.05) is 12.1 Å². The van der Waals surface area contributed by atoms with Gasteiger partial charge in [-0.3, -0.25) is 10.00 Å². The van der Waals surface area contributed by atoms with Crippen LogP contribution in [0.15, 0.2) is 30.3 Å². The Kier molecular flexibility index (Phi) is 4.57. The molecular formula is C14H14F4N4O. The second-order valence-corrected chi connectivity index (χ2v) is 4.92. The van der Waals surface area contributed by atoms with Gasteiger partial charge in [-0.25, -0.2) is 9.18 Å². The number of aryl methyl sites for hydroxylation is 2. The molecule has 1 aromatic carbocycles. The predicted octanol–water partition coefficient (Wildman–Crippen LogP) is 3.29. The van der Waals surface area contributed by atoms with Crippen LogP contribution in [0.3, 0.4) is 0 Å². The molecule has 23 heavy (non-hydrogen) atoms. The van der Waals surface area contributed by atoms with Crippen LogP contribution in [-0.4, -0.2) is 22.0 Å². The standard InChI is InChI=1S/C14H14F4N4O/c1-8-7-11(22(2)21-8)19-13(23)20-12(14(16,17)18)9-3-5-10(15)6-4-9/h3-7,12H,1-2H3,(H2,19,20,23)/t12-/m0/s1. The Morgan fingerprint density at radius 2 is 1.87 bits per heavy atom. The second kappa shape index (κ2) is 6.27.